The number of fused-ring (bicyclic) bond motifs is 2. The number of aromatic nitrogens is 3. The van der Waals surface area contributed by atoms with Gasteiger partial charge in [-0.2, -0.15) is 0 Å². The lowest BCUT2D eigenvalue weighted by atomic mass is 10.1. The molecule has 0 saturated carbocycles. The van der Waals surface area contributed by atoms with E-state index in [4.69, 9.17) is 18.6 Å². The Kier molecular flexibility index (Phi) is 6.52. The molecule has 0 spiro atoms. The van der Waals surface area contributed by atoms with Crippen molar-refractivity contribution < 1.29 is 32.2 Å². The number of hydrogen-bond acceptors (Lipinski definition) is 8. The van der Waals surface area contributed by atoms with E-state index in [9.17, 15) is 13.6 Å². The lowest BCUT2D eigenvalue weighted by Crippen LogP contribution is -2.12. The van der Waals surface area contributed by atoms with E-state index in [1.165, 1.54) is 11.3 Å². The number of carbonyl (C=O) groups excluding carboxylic acids is 1. The standard InChI is InChI=1S/C28H20F2N4O5S/c1-36-20-10-23(21-12-25(39-24(21)11-20)22-13-34-27(32-22)40-28(33-34)37-2)38-14-15-4-3-5-19(6-15)31-26(35)16-7-17(29)9-18(30)8-16/h3-13H,14H2,1-2H3,(H,31,35). The van der Waals surface area contributed by atoms with E-state index in [0.29, 0.717) is 50.4 Å². The molecule has 9 nitrogen and oxygen atoms in total. The molecular weight excluding hydrogens is 542 g/mol. The number of carbonyl (C=O) groups is 1. The maximum Gasteiger partial charge on any atom is 0.294 e. The molecule has 40 heavy (non-hydrogen) atoms. The molecule has 3 aromatic heterocycles. The third-order valence-corrected chi connectivity index (χ3v) is 6.85. The van der Waals surface area contributed by atoms with Crippen molar-refractivity contribution in [3.05, 3.63) is 89.6 Å². The van der Waals surface area contributed by atoms with Crippen LogP contribution in [0.15, 0.2) is 71.3 Å². The first-order valence-electron chi connectivity index (χ1n) is 11.9. The van der Waals surface area contributed by atoms with Gasteiger partial charge < -0.3 is 23.9 Å². The van der Waals surface area contributed by atoms with Gasteiger partial charge in [0.05, 0.1) is 25.8 Å². The summed E-state index contributed by atoms with van der Waals surface area (Å²) >= 11 is 1.31. The minimum Gasteiger partial charge on any atom is -0.496 e. The Balaban J connectivity index is 1.23. The van der Waals surface area contributed by atoms with Crippen LogP contribution in [-0.4, -0.2) is 34.7 Å². The summed E-state index contributed by atoms with van der Waals surface area (Å²) in [5.74, 6) is -0.695. The Morgan fingerprint density at radius 1 is 1.05 bits per heavy atom. The molecule has 12 heteroatoms. The molecule has 1 N–H and O–H groups in total. The molecule has 0 unspecified atom stereocenters. The number of anilines is 1. The van der Waals surface area contributed by atoms with E-state index in [1.807, 2.05) is 12.1 Å². The molecule has 0 aliphatic carbocycles. The van der Waals surface area contributed by atoms with E-state index >= 15 is 0 Å². The summed E-state index contributed by atoms with van der Waals surface area (Å²) in [4.78, 5) is 17.7. The molecule has 0 atom stereocenters. The molecule has 0 bridgehead atoms. The van der Waals surface area contributed by atoms with E-state index < -0.39 is 17.5 Å². The zero-order valence-corrected chi connectivity index (χ0v) is 21.9. The predicted molar refractivity (Wildman–Crippen MR) is 144 cm³/mol. The van der Waals surface area contributed by atoms with Gasteiger partial charge in [-0.3, -0.25) is 4.79 Å². The molecule has 0 aliphatic heterocycles. The van der Waals surface area contributed by atoms with Crippen LogP contribution in [0, 0.1) is 11.6 Å². The molecule has 0 radical (unpaired) electrons. The SMILES string of the molecule is COc1cc(OCc2cccc(NC(=O)c3cc(F)cc(F)c3)c2)c2cc(-c3cn4nc(OC)sc4n3)oc2c1. The predicted octanol–water partition coefficient (Wildman–Crippen LogP) is 6.33. The fraction of sp³-hybridized carbons (Fsp3) is 0.107. The number of methoxy groups -OCH3 is 2. The smallest absolute Gasteiger partial charge is 0.294 e. The Bertz CT molecular complexity index is 1830. The van der Waals surface area contributed by atoms with Gasteiger partial charge in [-0.05, 0) is 47.2 Å². The van der Waals surface area contributed by atoms with Crippen LogP contribution in [0.5, 0.6) is 16.7 Å². The number of halogens is 2. The Morgan fingerprint density at radius 2 is 1.88 bits per heavy atom. The first kappa shape index (κ1) is 25.3. The van der Waals surface area contributed by atoms with E-state index in [2.05, 4.69) is 15.4 Å². The normalized spacial score (nSPS) is 11.2. The van der Waals surface area contributed by atoms with Gasteiger partial charge in [0.2, 0.25) is 4.96 Å². The number of imidazole rings is 1. The molecule has 3 heterocycles. The summed E-state index contributed by atoms with van der Waals surface area (Å²) in [6.45, 7) is 0.158. The summed E-state index contributed by atoms with van der Waals surface area (Å²) < 4.78 is 51.5. The highest BCUT2D eigenvalue weighted by Gasteiger charge is 2.17. The molecular formula is C28H20F2N4O5S. The molecule has 202 valence electrons. The minimum absolute atomic E-state index is 0.124. The third kappa shape index (κ3) is 5.04. The Labute approximate surface area is 229 Å². The highest BCUT2D eigenvalue weighted by atomic mass is 32.1. The molecule has 3 aromatic carbocycles. The number of ether oxygens (including phenoxy) is 3. The van der Waals surface area contributed by atoms with Gasteiger partial charge in [-0.15, -0.1) is 5.10 Å². The highest BCUT2D eigenvalue weighted by molar-refractivity contribution is 7.18. The quantitative estimate of drug-likeness (QED) is 0.231. The topological polar surface area (TPSA) is 100 Å². The van der Waals surface area contributed by atoms with Gasteiger partial charge in [0.15, 0.2) is 5.76 Å². The fourth-order valence-corrected chi connectivity index (χ4v) is 4.82. The highest BCUT2D eigenvalue weighted by Crippen LogP contribution is 2.37. The van der Waals surface area contributed by atoms with Crippen LogP contribution in [0.1, 0.15) is 15.9 Å². The number of rotatable bonds is 8. The van der Waals surface area contributed by atoms with Crippen LogP contribution < -0.4 is 19.5 Å². The summed E-state index contributed by atoms with van der Waals surface area (Å²) in [5, 5.41) is 8.17. The lowest BCUT2D eigenvalue weighted by molar-refractivity contribution is 0.102. The maximum atomic E-state index is 13.5. The fourth-order valence-electron chi connectivity index (χ4n) is 4.12. The largest absolute Gasteiger partial charge is 0.496 e. The first-order chi connectivity index (χ1) is 19.4. The van der Waals surface area contributed by atoms with E-state index in [1.54, 1.807) is 55.3 Å². The number of benzene rings is 3. The van der Waals surface area contributed by atoms with Crippen molar-refractivity contribution in [3.8, 4) is 28.1 Å². The second-order valence-corrected chi connectivity index (χ2v) is 9.59. The monoisotopic (exact) mass is 562 g/mol. The van der Waals surface area contributed by atoms with Crippen molar-refractivity contribution in [1.29, 1.82) is 0 Å². The minimum atomic E-state index is -0.830. The van der Waals surface area contributed by atoms with E-state index in [-0.39, 0.29) is 12.2 Å². The van der Waals surface area contributed by atoms with Crippen molar-refractivity contribution in [2.24, 2.45) is 0 Å². The summed E-state index contributed by atoms with van der Waals surface area (Å²) in [5.41, 5.74) is 2.22. The lowest BCUT2D eigenvalue weighted by Gasteiger charge is -2.11. The van der Waals surface area contributed by atoms with Crippen molar-refractivity contribution in [2.75, 3.05) is 19.5 Å². The first-order valence-corrected chi connectivity index (χ1v) is 12.7. The van der Waals surface area contributed by atoms with Crippen molar-refractivity contribution in [3.63, 3.8) is 0 Å². The number of nitrogens with zero attached hydrogens (tertiary/aromatic N) is 3. The summed E-state index contributed by atoms with van der Waals surface area (Å²) in [6.07, 6.45) is 1.75. The number of amides is 1. The molecule has 0 aliphatic rings. The van der Waals surface area contributed by atoms with Crippen LogP contribution in [0.3, 0.4) is 0 Å². The van der Waals surface area contributed by atoms with Crippen LogP contribution >= 0.6 is 11.3 Å². The van der Waals surface area contributed by atoms with Gasteiger partial charge in [0.25, 0.3) is 11.1 Å². The Morgan fingerprint density at radius 3 is 2.62 bits per heavy atom. The summed E-state index contributed by atoms with van der Waals surface area (Å²) in [7, 11) is 3.10. The second-order valence-electron chi connectivity index (χ2n) is 8.67. The van der Waals surface area contributed by atoms with Gasteiger partial charge >= 0.3 is 0 Å². The van der Waals surface area contributed by atoms with Crippen molar-refractivity contribution >= 4 is 38.9 Å². The second kappa shape index (κ2) is 10.3. The molecule has 0 saturated heterocycles. The number of hydrogen-bond donors (Lipinski definition) is 1. The molecule has 1 amide bonds. The van der Waals surface area contributed by atoms with Crippen LogP contribution in [0.2, 0.25) is 0 Å². The van der Waals surface area contributed by atoms with Crippen molar-refractivity contribution in [1.82, 2.24) is 14.6 Å². The average Bonchev–Trinajstić information content (AvgIpc) is 3.64. The van der Waals surface area contributed by atoms with Crippen LogP contribution in [-0.2, 0) is 6.61 Å². The third-order valence-electron chi connectivity index (χ3n) is 5.96. The number of nitrogens with one attached hydrogen (secondary N) is 1. The zero-order chi connectivity index (χ0) is 27.8. The molecule has 6 rings (SSSR count). The van der Waals surface area contributed by atoms with Crippen LogP contribution in [0.25, 0.3) is 27.4 Å². The van der Waals surface area contributed by atoms with Gasteiger partial charge in [-0.1, -0.05) is 12.1 Å². The average molecular weight is 563 g/mol. The summed E-state index contributed by atoms with van der Waals surface area (Å²) in [6, 6.07) is 15.0. The maximum absolute atomic E-state index is 13.5. The molecule has 6 aromatic rings. The van der Waals surface area contributed by atoms with Crippen molar-refractivity contribution in [2.45, 2.75) is 6.61 Å². The van der Waals surface area contributed by atoms with Crippen LogP contribution in [0.4, 0.5) is 14.5 Å². The Hall–Kier alpha value is -4.97. The van der Waals surface area contributed by atoms with Gasteiger partial charge in [0.1, 0.15) is 41.0 Å². The zero-order valence-electron chi connectivity index (χ0n) is 21.1. The molecule has 0 fully saturated rings. The van der Waals surface area contributed by atoms with E-state index in [0.717, 1.165) is 23.1 Å². The number of furan rings is 1. The van der Waals surface area contributed by atoms with Gasteiger partial charge in [0, 0.05) is 29.4 Å². The van der Waals surface area contributed by atoms with Gasteiger partial charge in [-0.25, -0.2) is 18.3 Å².